The van der Waals surface area contributed by atoms with Crippen molar-refractivity contribution in [3.63, 3.8) is 0 Å². The number of thioether (sulfide) groups is 1. The summed E-state index contributed by atoms with van der Waals surface area (Å²) >= 11 is 1.48. The Kier molecular flexibility index (Phi) is 6.70. The Morgan fingerprint density at radius 2 is 2.04 bits per heavy atom. The van der Waals surface area contributed by atoms with Gasteiger partial charge in [0.1, 0.15) is 15.7 Å². The summed E-state index contributed by atoms with van der Waals surface area (Å²) in [4.78, 5) is 12.3. The number of nitrogens with two attached hydrogens (primary N) is 1. The number of nitrogens with one attached hydrogen (secondary N) is 1. The molecule has 5 nitrogen and oxygen atoms in total. The molecule has 1 atom stereocenters. The number of nitrogens with zero attached hydrogens (tertiary/aromatic N) is 2. The van der Waals surface area contributed by atoms with Crippen molar-refractivity contribution in [2.24, 2.45) is 10.8 Å². The Balaban J connectivity index is 2.06. The van der Waals surface area contributed by atoms with Crippen LogP contribution in [0.15, 0.2) is 59.7 Å². The molecular formula is C21H25FN4OS. The number of urea groups is 1. The molecule has 1 aliphatic heterocycles. The monoisotopic (exact) mass is 400 g/mol. The average Bonchev–Trinajstić information content (AvgIpc) is 3.12. The lowest BCUT2D eigenvalue weighted by molar-refractivity contribution is 0.162. The lowest BCUT2D eigenvalue weighted by Crippen LogP contribution is -2.46. The molecule has 0 radical (unpaired) electrons. The molecule has 2 aromatic rings. The normalized spacial score (nSPS) is 18.8. The Morgan fingerprint density at radius 3 is 2.71 bits per heavy atom. The van der Waals surface area contributed by atoms with Gasteiger partial charge in [-0.25, -0.2) is 9.18 Å². The predicted octanol–water partition coefficient (Wildman–Crippen LogP) is 4.25. The zero-order valence-electron chi connectivity index (χ0n) is 15.9. The standard InChI is InChI=1S/C21H25FN4OS/c1-2-14-24-20(27)26-21(12-7-13-23,17-9-4-3-5-10-17)28-19(25-26)16-8-6-11-18(22)15-16/h3-6,8-11,15H,2,7,12-14,23H2,1H3,(H,24,27). The molecule has 0 bridgehead atoms. The molecule has 0 spiro atoms. The first-order chi connectivity index (χ1) is 13.6. The van der Waals surface area contributed by atoms with Crippen molar-refractivity contribution in [3.05, 3.63) is 71.5 Å². The van der Waals surface area contributed by atoms with Gasteiger partial charge in [0, 0.05) is 12.1 Å². The highest BCUT2D eigenvalue weighted by Crippen LogP contribution is 2.50. The van der Waals surface area contributed by atoms with E-state index in [1.54, 1.807) is 12.1 Å². The second kappa shape index (κ2) is 9.21. The third kappa shape index (κ3) is 4.20. The highest BCUT2D eigenvalue weighted by Gasteiger charge is 2.48. The minimum atomic E-state index is -0.722. The first kappa shape index (κ1) is 20.4. The minimum Gasteiger partial charge on any atom is -0.336 e. The van der Waals surface area contributed by atoms with Crippen LogP contribution in [0.4, 0.5) is 9.18 Å². The van der Waals surface area contributed by atoms with E-state index < -0.39 is 4.87 Å². The van der Waals surface area contributed by atoms with Gasteiger partial charge in [-0.15, -0.1) is 0 Å². The van der Waals surface area contributed by atoms with Gasteiger partial charge in [-0.3, -0.25) is 0 Å². The van der Waals surface area contributed by atoms with Crippen LogP contribution < -0.4 is 11.1 Å². The molecule has 0 aliphatic carbocycles. The molecule has 0 saturated heterocycles. The van der Waals surface area contributed by atoms with Gasteiger partial charge in [0.15, 0.2) is 0 Å². The van der Waals surface area contributed by atoms with Crippen molar-refractivity contribution in [2.75, 3.05) is 13.1 Å². The average molecular weight is 401 g/mol. The van der Waals surface area contributed by atoms with E-state index >= 15 is 0 Å². The van der Waals surface area contributed by atoms with Gasteiger partial charge >= 0.3 is 6.03 Å². The van der Waals surface area contributed by atoms with Gasteiger partial charge in [0.05, 0.1) is 0 Å². The number of rotatable bonds is 7. The zero-order chi connectivity index (χ0) is 20.0. The fourth-order valence-electron chi connectivity index (χ4n) is 3.17. The van der Waals surface area contributed by atoms with E-state index in [4.69, 9.17) is 5.73 Å². The van der Waals surface area contributed by atoms with Gasteiger partial charge in [-0.05, 0) is 43.5 Å². The minimum absolute atomic E-state index is 0.262. The topological polar surface area (TPSA) is 70.7 Å². The Hall–Kier alpha value is -2.38. The lowest BCUT2D eigenvalue weighted by Gasteiger charge is -2.35. The van der Waals surface area contributed by atoms with E-state index in [9.17, 15) is 9.18 Å². The molecule has 28 heavy (non-hydrogen) atoms. The summed E-state index contributed by atoms with van der Waals surface area (Å²) < 4.78 is 13.8. The third-order valence-electron chi connectivity index (χ3n) is 4.53. The largest absolute Gasteiger partial charge is 0.339 e. The highest BCUT2D eigenvalue weighted by atomic mass is 32.2. The second-order valence-electron chi connectivity index (χ2n) is 6.60. The van der Waals surface area contributed by atoms with Gasteiger partial charge in [-0.1, -0.05) is 61.2 Å². The van der Waals surface area contributed by atoms with Gasteiger partial charge in [0.2, 0.25) is 0 Å². The molecule has 2 amide bonds. The number of amides is 2. The van der Waals surface area contributed by atoms with Crippen LogP contribution in [-0.4, -0.2) is 29.2 Å². The van der Waals surface area contributed by atoms with Crippen molar-refractivity contribution in [2.45, 2.75) is 31.1 Å². The van der Waals surface area contributed by atoms with Crippen LogP contribution in [0.2, 0.25) is 0 Å². The maximum atomic E-state index is 13.8. The third-order valence-corrected chi connectivity index (χ3v) is 5.99. The summed E-state index contributed by atoms with van der Waals surface area (Å²) in [7, 11) is 0. The van der Waals surface area contributed by atoms with Crippen molar-refractivity contribution in [3.8, 4) is 0 Å². The summed E-state index contributed by atoms with van der Waals surface area (Å²) in [6.45, 7) is 3.07. The molecule has 1 unspecified atom stereocenters. The van der Waals surface area contributed by atoms with Crippen molar-refractivity contribution in [1.82, 2.24) is 10.3 Å². The lowest BCUT2D eigenvalue weighted by atomic mass is 10.0. The molecule has 148 valence electrons. The van der Waals surface area contributed by atoms with E-state index in [0.29, 0.717) is 30.1 Å². The number of hydrazone groups is 1. The summed E-state index contributed by atoms with van der Waals surface area (Å²) in [5.74, 6) is -0.332. The SMILES string of the molecule is CCCNC(=O)N1N=C(c2cccc(F)c2)SC1(CCCN)c1ccccc1. The first-order valence-electron chi connectivity index (χ1n) is 9.48. The van der Waals surface area contributed by atoms with Crippen molar-refractivity contribution in [1.29, 1.82) is 0 Å². The molecule has 3 rings (SSSR count). The first-order valence-corrected chi connectivity index (χ1v) is 10.3. The van der Waals surface area contributed by atoms with E-state index in [-0.39, 0.29) is 11.8 Å². The Bertz CT molecular complexity index is 845. The maximum Gasteiger partial charge on any atom is 0.339 e. The zero-order valence-corrected chi connectivity index (χ0v) is 16.7. The number of halogens is 1. The van der Waals surface area contributed by atoms with Gasteiger partial charge < -0.3 is 11.1 Å². The summed E-state index contributed by atoms with van der Waals surface area (Å²) in [5, 5.41) is 9.68. The molecule has 1 heterocycles. The summed E-state index contributed by atoms with van der Waals surface area (Å²) in [6, 6.07) is 15.9. The van der Waals surface area contributed by atoms with Gasteiger partial charge in [-0.2, -0.15) is 10.1 Å². The van der Waals surface area contributed by atoms with Crippen LogP contribution in [0.1, 0.15) is 37.3 Å². The smallest absolute Gasteiger partial charge is 0.336 e. The number of hydrogen-bond donors (Lipinski definition) is 2. The predicted molar refractivity (Wildman–Crippen MR) is 112 cm³/mol. The van der Waals surface area contributed by atoms with Crippen molar-refractivity contribution < 1.29 is 9.18 Å². The molecule has 3 N–H and O–H groups in total. The van der Waals surface area contributed by atoms with Crippen LogP contribution in [0, 0.1) is 5.82 Å². The number of carbonyl (C=O) groups excluding carboxylic acids is 1. The molecule has 0 saturated carbocycles. The van der Waals surface area contributed by atoms with E-state index in [0.717, 1.165) is 18.4 Å². The second-order valence-corrected chi connectivity index (χ2v) is 7.87. The van der Waals surface area contributed by atoms with E-state index in [1.807, 2.05) is 37.3 Å². The van der Waals surface area contributed by atoms with Gasteiger partial charge in [0.25, 0.3) is 0 Å². The maximum absolute atomic E-state index is 13.8. The summed E-state index contributed by atoms with van der Waals surface area (Å²) in [6.07, 6.45) is 2.19. The van der Waals surface area contributed by atoms with Crippen molar-refractivity contribution >= 4 is 22.8 Å². The fourth-order valence-corrected chi connectivity index (χ4v) is 4.57. The molecule has 1 aliphatic rings. The van der Waals surface area contributed by atoms with Crippen LogP contribution in [0.5, 0.6) is 0 Å². The molecule has 0 aromatic heterocycles. The van der Waals surface area contributed by atoms with E-state index in [2.05, 4.69) is 10.4 Å². The Labute approximate surface area is 169 Å². The van der Waals surface area contributed by atoms with Crippen LogP contribution in [-0.2, 0) is 4.87 Å². The number of carbonyl (C=O) groups is 1. The molecular weight excluding hydrogens is 375 g/mol. The van der Waals surface area contributed by atoms with Crippen LogP contribution in [0.3, 0.4) is 0 Å². The molecule has 2 aromatic carbocycles. The molecule has 0 fully saturated rings. The van der Waals surface area contributed by atoms with E-state index in [1.165, 1.54) is 28.9 Å². The fraction of sp³-hybridized carbons (Fsp3) is 0.333. The molecule has 7 heteroatoms. The quantitative estimate of drug-likeness (QED) is 0.730. The summed E-state index contributed by atoms with van der Waals surface area (Å²) in [5.41, 5.74) is 7.42. The number of benzene rings is 2. The highest BCUT2D eigenvalue weighted by molar-refractivity contribution is 8.15. The van der Waals surface area contributed by atoms with Crippen LogP contribution in [0.25, 0.3) is 0 Å². The number of hydrogen-bond acceptors (Lipinski definition) is 4. The Morgan fingerprint density at radius 1 is 1.25 bits per heavy atom. The van der Waals surface area contributed by atoms with Crippen LogP contribution >= 0.6 is 11.8 Å².